The van der Waals surface area contributed by atoms with Crippen LogP contribution in [0, 0.1) is 21.4 Å². The fourth-order valence-corrected chi connectivity index (χ4v) is 1.87. The summed E-state index contributed by atoms with van der Waals surface area (Å²) in [6, 6.07) is 8.24. The highest BCUT2D eigenvalue weighted by molar-refractivity contribution is 5.90. The Labute approximate surface area is 108 Å². The summed E-state index contributed by atoms with van der Waals surface area (Å²) in [6.07, 6.45) is 1.61. The summed E-state index contributed by atoms with van der Waals surface area (Å²) in [4.78, 5) is 22.0. The second kappa shape index (κ2) is 5.18. The van der Waals surface area contributed by atoms with Crippen molar-refractivity contribution in [1.29, 1.82) is 5.26 Å². The van der Waals surface area contributed by atoms with Gasteiger partial charge in [0.25, 0.3) is 5.69 Å². The van der Waals surface area contributed by atoms with E-state index >= 15 is 0 Å². The minimum absolute atomic E-state index is 0.0458. The quantitative estimate of drug-likeness (QED) is 0.505. The van der Waals surface area contributed by atoms with Crippen molar-refractivity contribution in [3.8, 4) is 6.07 Å². The number of rotatable bonds is 4. The van der Waals surface area contributed by atoms with Crippen molar-refractivity contribution in [1.82, 2.24) is 9.88 Å². The van der Waals surface area contributed by atoms with Crippen LogP contribution in [0.2, 0.25) is 0 Å². The number of benzene rings is 1. The van der Waals surface area contributed by atoms with Crippen LogP contribution in [0.1, 0.15) is 0 Å². The number of fused-ring (bicyclic) bond motifs is 1. The summed E-state index contributed by atoms with van der Waals surface area (Å²) in [5.74, 6) is -0.364. The molecule has 0 aliphatic carbocycles. The van der Waals surface area contributed by atoms with Gasteiger partial charge in [-0.3, -0.25) is 14.9 Å². The molecule has 0 saturated carbocycles. The van der Waals surface area contributed by atoms with Crippen LogP contribution in [0.25, 0.3) is 10.9 Å². The number of aromatic nitrogens is 1. The zero-order valence-electron chi connectivity index (χ0n) is 9.87. The third-order valence-corrected chi connectivity index (χ3v) is 2.64. The number of nitrogens with zero attached hydrogens (tertiary/aromatic N) is 3. The van der Waals surface area contributed by atoms with E-state index in [1.54, 1.807) is 30.5 Å². The van der Waals surface area contributed by atoms with Crippen LogP contribution in [-0.2, 0) is 11.3 Å². The standard InChI is InChI=1S/C12H10N4O3/c13-5-6-14-11(17)8-15-7-4-9-2-1-3-10(12(9)15)16(18)19/h1-4,7H,6,8H2,(H,14,17). The normalized spacial score (nSPS) is 10.1. The first-order valence-electron chi connectivity index (χ1n) is 5.49. The maximum atomic E-state index is 11.5. The highest BCUT2D eigenvalue weighted by atomic mass is 16.6. The monoisotopic (exact) mass is 258 g/mol. The highest BCUT2D eigenvalue weighted by Crippen LogP contribution is 2.26. The molecule has 0 atom stereocenters. The minimum Gasteiger partial charge on any atom is -0.341 e. The van der Waals surface area contributed by atoms with Gasteiger partial charge < -0.3 is 9.88 Å². The molecule has 7 heteroatoms. The molecule has 0 saturated heterocycles. The van der Waals surface area contributed by atoms with Crippen LogP contribution in [0.15, 0.2) is 30.5 Å². The molecule has 0 spiro atoms. The minimum atomic E-state index is -0.480. The predicted octanol–water partition coefficient (Wildman–Crippen LogP) is 1.19. The number of amides is 1. The van der Waals surface area contributed by atoms with Crippen molar-refractivity contribution in [3.63, 3.8) is 0 Å². The van der Waals surface area contributed by atoms with Gasteiger partial charge in [-0.1, -0.05) is 12.1 Å². The lowest BCUT2D eigenvalue weighted by molar-refractivity contribution is -0.383. The average Bonchev–Trinajstić information content (AvgIpc) is 2.79. The molecule has 0 aliphatic rings. The molecular weight excluding hydrogens is 248 g/mol. The van der Waals surface area contributed by atoms with E-state index in [9.17, 15) is 14.9 Å². The summed E-state index contributed by atoms with van der Waals surface area (Å²) < 4.78 is 1.50. The largest absolute Gasteiger partial charge is 0.341 e. The maximum Gasteiger partial charge on any atom is 0.293 e. The Hall–Kier alpha value is -2.88. The predicted molar refractivity (Wildman–Crippen MR) is 67.2 cm³/mol. The van der Waals surface area contributed by atoms with Gasteiger partial charge in [0.05, 0.1) is 11.0 Å². The number of carbonyl (C=O) groups is 1. The van der Waals surface area contributed by atoms with E-state index in [0.29, 0.717) is 10.9 Å². The molecule has 1 aromatic heterocycles. The van der Waals surface area contributed by atoms with Crippen molar-refractivity contribution in [2.24, 2.45) is 0 Å². The van der Waals surface area contributed by atoms with Crippen LogP contribution < -0.4 is 5.32 Å². The zero-order chi connectivity index (χ0) is 13.8. The lowest BCUT2D eigenvalue weighted by Crippen LogP contribution is -2.27. The topological polar surface area (TPSA) is 101 Å². The molecule has 1 amide bonds. The molecule has 7 nitrogen and oxygen atoms in total. The van der Waals surface area contributed by atoms with Gasteiger partial charge in [-0.15, -0.1) is 0 Å². The number of nitro benzene ring substituents is 1. The number of para-hydroxylation sites is 1. The fourth-order valence-electron chi connectivity index (χ4n) is 1.87. The summed E-state index contributed by atoms with van der Waals surface area (Å²) in [6.45, 7) is -0.143. The SMILES string of the molecule is N#CCNC(=O)Cn1ccc2cccc([N+](=O)[O-])c21. The summed E-state index contributed by atoms with van der Waals surface area (Å²) >= 11 is 0. The summed E-state index contributed by atoms with van der Waals surface area (Å²) in [5.41, 5.74) is 0.357. The first-order valence-corrected chi connectivity index (χ1v) is 5.49. The Bertz CT molecular complexity index is 684. The van der Waals surface area contributed by atoms with Gasteiger partial charge in [0, 0.05) is 17.6 Å². The third kappa shape index (κ3) is 2.52. The van der Waals surface area contributed by atoms with E-state index in [2.05, 4.69) is 5.32 Å². The van der Waals surface area contributed by atoms with Gasteiger partial charge >= 0.3 is 0 Å². The lowest BCUT2D eigenvalue weighted by Gasteiger charge is -2.05. The number of carbonyl (C=O) groups excluding carboxylic acids is 1. The molecule has 2 rings (SSSR count). The van der Waals surface area contributed by atoms with Crippen molar-refractivity contribution < 1.29 is 9.72 Å². The summed E-state index contributed by atoms with van der Waals surface area (Å²) in [5, 5.41) is 22.4. The smallest absolute Gasteiger partial charge is 0.293 e. The average molecular weight is 258 g/mol. The Balaban J connectivity index is 2.37. The van der Waals surface area contributed by atoms with Gasteiger partial charge in [0.1, 0.15) is 18.6 Å². The van der Waals surface area contributed by atoms with E-state index in [1.807, 2.05) is 0 Å². The van der Waals surface area contributed by atoms with E-state index in [0.717, 1.165) is 0 Å². The number of non-ortho nitro benzene ring substituents is 1. The first kappa shape index (κ1) is 12.6. The van der Waals surface area contributed by atoms with Crippen molar-refractivity contribution in [2.75, 3.05) is 6.54 Å². The van der Waals surface area contributed by atoms with Crippen LogP contribution in [0.4, 0.5) is 5.69 Å². The molecule has 1 heterocycles. The van der Waals surface area contributed by atoms with Crippen molar-refractivity contribution in [2.45, 2.75) is 6.54 Å². The number of nitro groups is 1. The molecule has 96 valence electrons. The van der Waals surface area contributed by atoms with Crippen LogP contribution >= 0.6 is 0 Å². The number of hydrogen-bond acceptors (Lipinski definition) is 4. The van der Waals surface area contributed by atoms with Crippen molar-refractivity contribution >= 4 is 22.5 Å². The number of nitriles is 1. The van der Waals surface area contributed by atoms with Gasteiger partial charge in [0.2, 0.25) is 5.91 Å². The molecule has 0 fully saturated rings. The maximum absolute atomic E-state index is 11.5. The molecule has 0 radical (unpaired) electrons. The Kier molecular flexibility index (Phi) is 3.43. The van der Waals surface area contributed by atoms with Gasteiger partial charge in [-0.25, -0.2) is 0 Å². The van der Waals surface area contributed by atoms with Gasteiger partial charge in [0.15, 0.2) is 0 Å². The van der Waals surface area contributed by atoms with Gasteiger partial charge in [-0.2, -0.15) is 5.26 Å². The lowest BCUT2D eigenvalue weighted by atomic mass is 10.2. The van der Waals surface area contributed by atoms with Crippen LogP contribution in [0.5, 0.6) is 0 Å². The van der Waals surface area contributed by atoms with Crippen molar-refractivity contribution in [3.05, 3.63) is 40.6 Å². The molecule has 0 unspecified atom stereocenters. The molecule has 2 aromatic rings. The first-order chi connectivity index (χ1) is 9.13. The Morgan fingerprint density at radius 1 is 1.47 bits per heavy atom. The third-order valence-electron chi connectivity index (χ3n) is 2.64. The van der Waals surface area contributed by atoms with Crippen LogP contribution in [0.3, 0.4) is 0 Å². The van der Waals surface area contributed by atoms with Gasteiger partial charge in [-0.05, 0) is 6.07 Å². The molecular formula is C12H10N4O3. The zero-order valence-corrected chi connectivity index (χ0v) is 9.87. The molecule has 1 aromatic carbocycles. The van der Waals surface area contributed by atoms with E-state index in [4.69, 9.17) is 5.26 Å². The molecule has 1 N–H and O–H groups in total. The van der Waals surface area contributed by atoms with E-state index < -0.39 is 4.92 Å². The second-order valence-electron chi connectivity index (χ2n) is 3.85. The van der Waals surface area contributed by atoms with Crippen LogP contribution in [-0.4, -0.2) is 21.9 Å². The highest BCUT2D eigenvalue weighted by Gasteiger charge is 2.16. The number of hydrogen-bond donors (Lipinski definition) is 1. The molecule has 0 aliphatic heterocycles. The molecule has 0 bridgehead atoms. The summed E-state index contributed by atoms with van der Waals surface area (Å²) in [7, 11) is 0. The Morgan fingerprint density at radius 2 is 2.26 bits per heavy atom. The van der Waals surface area contributed by atoms with E-state index in [1.165, 1.54) is 10.6 Å². The fraction of sp³-hybridized carbons (Fsp3) is 0.167. The number of nitrogens with one attached hydrogen (secondary N) is 1. The van der Waals surface area contributed by atoms with E-state index in [-0.39, 0.29) is 24.7 Å². The molecule has 19 heavy (non-hydrogen) atoms. The Morgan fingerprint density at radius 3 is 2.95 bits per heavy atom. The second-order valence-corrected chi connectivity index (χ2v) is 3.85.